The van der Waals surface area contributed by atoms with Crippen LogP contribution in [0.5, 0.6) is 0 Å². The van der Waals surface area contributed by atoms with Gasteiger partial charge in [0.05, 0.1) is 24.4 Å². The first-order valence-corrected chi connectivity index (χ1v) is 15.7. The number of anilines is 1. The number of halogens is 3. The number of aliphatic imine (C=N–C) groups is 1. The summed E-state index contributed by atoms with van der Waals surface area (Å²) in [6.45, 7) is 1.79. The van der Waals surface area contributed by atoms with Gasteiger partial charge in [-0.2, -0.15) is 0 Å². The van der Waals surface area contributed by atoms with Crippen molar-refractivity contribution >= 4 is 52.4 Å². The number of nitrogens with zero attached hydrogens (tertiary/aromatic N) is 5. The van der Waals surface area contributed by atoms with Gasteiger partial charge in [-0.25, -0.2) is 23.4 Å². The molecule has 0 saturated carbocycles. The highest BCUT2D eigenvalue weighted by Gasteiger charge is 2.43. The molecular weight excluding hydrogens is 642 g/mol. The standard InChI is InChI=1S/C31H29ClF2N6O5S/c1-45-30(43)26-23(36-28(29-35-8-11-46-29)37-27(26)20-5-4-18(33)13-21(20)32)16-38-9-10-39-19(14-38)15-40(31(39)44)24-6-2-17(12-22(24)34)3-7-25(41)42/h2,4-6,8,11-13,19,27H,3,7,9-10,14-16H2,1H3,(H,36,37)(H,41,42). The van der Waals surface area contributed by atoms with Gasteiger partial charge in [0.1, 0.15) is 17.7 Å². The lowest BCUT2D eigenvalue weighted by Crippen LogP contribution is -2.53. The molecular formula is C31H29ClF2N6O5S. The lowest BCUT2D eigenvalue weighted by atomic mass is 9.95. The molecule has 0 radical (unpaired) electrons. The molecule has 3 aliphatic heterocycles. The van der Waals surface area contributed by atoms with E-state index in [1.54, 1.807) is 22.5 Å². The number of piperazine rings is 1. The predicted molar refractivity (Wildman–Crippen MR) is 167 cm³/mol. The minimum absolute atomic E-state index is 0.107. The Kier molecular flexibility index (Phi) is 9.02. The number of aliphatic carboxylic acids is 1. The van der Waals surface area contributed by atoms with Gasteiger partial charge in [-0.3, -0.25) is 19.6 Å². The van der Waals surface area contributed by atoms with Gasteiger partial charge in [-0.15, -0.1) is 11.3 Å². The molecule has 0 bridgehead atoms. The van der Waals surface area contributed by atoms with Gasteiger partial charge in [-0.1, -0.05) is 23.7 Å². The maximum absolute atomic E-state index is 15.1. The van der Waals surface area contributed by atoms with E-state index in [1.165, 1.54) is 53.7 Å². The number of rotatable bonds is 9. The molecule has 6 rings (SSSR count). The molecule has 240 valence electrons. The largest absolute Gasteiger partial charge is 0.481 e. The number of aryl methyl sites for hydroxylation is 1. The van der Waals surface area contributed by atoms with E-state index in [9.17, 15) is 18.8 Å². The summed E-state index contributed by atoms with van der Waals surface area (Å²) < 4.78 is 34.3. The van der Waals surface area contributed by atoms with Crippen molar-refractivity contribution in [2.45, 2.75) is 24.9 Å². The second-order valence-corrected chi connectivity index (χ2v) is 12.3. The number of benzene rings is 2. The lowest BCUT2D eigenvalue weighted by Gasteiger charge is -2.38. The fourth-order valence-corrected chi connectivity index (χ4v) is 6.84. The van der Waals surface area contributed by atoms with Crippen LogP contribution in [0.1, 0.15) is 28.6 Å². The second-order valence-electron chi connectivity index (χ2n) is 11.0. The van der Waals surface area contributed by atoms with Crippen molar-refractivity contribution in [2.24, 2.45) is 4.99 Å². The zero-order valence-corrected chi connectivity index (χ0v) is 26.2. The Morgan fingerprint density at radius 2 is 2.00 bits per heavy atom. The Bertz CT molecular complexity index is 1750. The highest BCUT2D eigenvalue weighted by molar-refractivity contribution is 7.11. The number of esters is 1. The molecule has 4 heterocycles. The Labute approximate surface area is 271 Å². The molecule has 1 aromatic heterocycles. The first-order chi connectivity index (χ1) is 22.1. The molecule has 2 amide bonds. The number of carbonyl (C=O) groups is 3. The molecule has 3 aliphatic rings. The van der Waals surface area contributed by atoms with Gasteiger partial charge in [0.25, 0.3) is 0 Å². The van der Waals surface area contributed by atoms with Crippen LogP contribution in [0.4, 0.5) is 19.3 Å². The zero-order chi connectivity index (χ0) is 32.5. The van der Waals surface area contributed by atoms with E-state index in [-0.39, 0.29) is 54.3 Å². The van der Waals surface area contributed by atoms with Crippen LogP contribution in [0, 0.1) is 11.6 Å². The van der Waals surface area contributed by atoms with Crippen molar-refractivity contribution in [3.63, 3.8) is 0 Å². The van der Waals surface area contributed by atoms with Crippen LogP contribution in [-0.4, -0.2) is 89.6 Å². The van der Waals surface area contributed by atoms with Crippen molar-refractivity contribution in [3.05, 3.63) is 92.0 Å². The van der Waals surface area contributed by atoms with Gasteiger partial charge in [0, 0.05) is 67.0 Å². The molecule has 2 saturated heterocycles. The van der Waals surface area contributed by atoms with E-state index in [0.29, 0.717) is 47.3 Å². The Hall–Kier alpha value is -4.40. The zero-order valence-electron chi connectivity index (χ0n) is 24.6. The molecule has 0 spiro atoms. The summed E-state index contributed by atoms with van der Waals surface area (Å²) >= 11 is 7.81. The van der Waals surface area contributed by atoms with E-state index >= 15 is 4.39 Å². The van der Waals surface area contributed by atoms with Crippen molar-refractivity contribution in [2.75, 3.05) is 44.7 Å². The number of nitrogens with one attached hydrogen (secondary N) is 1. The van der Waals surface area contributed by atoms with Crippen LogP contribution < -0.4 is 10.2 Å². The number of carboxylic acids is 1. The lowest BCUT2D eigenvalue weighted by molar-refractivity contribution is -0.137. The molecule has 2 atom stereocenters. The van der Waals surface area contributed by atoms with Crippen molar-refractivity contribution in [1.82, 2.24) is 20.1 Å². The van der Waals surface area contributed by atoms with Crippen LogP contribution in [0.2, 0.25) is 5.02 Å². The average Bonchev–Trinajstić information content (AvgIpc) is 3.68. The third-order valence-corrected chi connectivity index (χ3v) is 9.28. The highest BCUT2D eigenvalue weighted by Crippen LogP contribution is 2.37. The minimum Gasteiger partial charge on any atom is -0.481 e. The summed E-state index contributed by atoms with van der Waals surface area (Å²) in [7, 11) is 1.27. The number of thiazole rings is 1. The normalized spacial score (nSPS) is 20.0. The molecule has 2 aromatic carbocycles. The number of amides is 2. The van der Waals surface area contributed by atoms with Gasteiger partial charge in [0.15, 0.2) is 10.8 Å². The average molecular weight is 671 g/mol. The number of urea groups is 1. The first-order valence-electron chi connectivity index (χ1n) is 14.4. The molecule has 2 N–H and O–H groups in total. The van der Waals surface area contributed by atoms with Crippen molar-refractivity contribution in [3.8, 4) is 0 Å². The molecule has 46 heavy (non-hydrogen) atoms. The SMILES string of the molecule is COC(=O)C1=C(CN2CCN3C(=O)N(c4ccc(CCC(=O)O)cc4F)CC3C2)NC(c2nccs2)=NC1c1ccc(F)cc1Cl. The number of aromatic nitrogens is 1. The fourth-order valence-electron chi connectivity index (χ4n) is 5.98. The molecule has 3 aromatic rings. The quantitative estimate of drug-likeness (QED) is 0.324. The molecule has 2 unspecified atom stereocenters. The van der Waals surface area contributed by atoms with Gasteiger partial charge >= 0.3 is 18.0 Å². The van der Waals surface area contributed by atoms with Crippen LogP contribution in [0.25, 0.3) is 0 Å². The van der Waals surface area contributed by atoms with E-state index in [4.69, 9.17) is 26.4 Å². The highest BCUT2D eigenvalue weighted by atomic mass is 35.5. The summed E-state index contributed by atoms with van der Waals surface area (Å²) in [4.78, 5) is 51.9. The summed E-state index contributed by atoms with van der Waals surface area (Å²) in [6.07, 6.45) is 1.70. The Morgan fingerprint density at radius 1 is 1.17 bits per heavy atom. The van der Waals surface area contributed by atoms with Gasteiger partial charge in [0.2, 0.25) is 0 Å². The smallest absolute Gasteiger partial charge is 0.338 e. The van der Waals surface area contributed by atoms with E-state index in [1.807, 2.05) is 0 Å². The van der Waals surface area contributed by atoms with Crippen molar-refractivity contribution < 1.29 is 33.0 Å². The third-order valence-electron chi connectivity index (χ3n) is 8.17. The monoisotopic (exact) mass is 670 g/mol. The number of carboxylic acid groups (broad SMARTS) is 1. The fraction of sp³-hybridized carbons (Fsp3) is 0.323. The molecule has 11 nitrogen and oxygen atoms in total. The maximum atomic E-state index is 15.1. The van der Waals surface area contributed by atoms with Gasteiger partial charge in [-0.05, 0) is 36.2 Å². The summed E-state index contributed by atoms with van der Waals surface area (Å²) in [6, 6.07) is 6.87. The molecule has 15 heteroatoms. The van der Waals surface area contributed by atoms with E-state index < -0.39 is 29.6 Å². The maximum Gasteiger partial charge on any atom is 0.338 e. The Balaban J connectivity index is 1.25. The number of amidine groups is 1. The summed E-state index contributed by atoms with van der Waals surface area (Å²) in [5.41, 5.74) is 1.82. The van der Waals surface area contributed by atoms with Gasteiger partial charge < -0.3 is 20.1 Å². The van der Waals surface area contributed by atoms with E-state index in [2.05, 4.69) is 15.2 Å². The number of fused-ring (bicyclic) bond motifs is 1. The van der Waals surface area contributed by atoms with E-state index in [0.717, 1.165) is 0 Å². The Morgan fingerprint density at radius 3 is 2.70 bits per heavy atom. The van der Waals surface area contributed by atoms with Crippen molar-refractivity contribution in [1.29, 1.82) is 0 Å². The summed E-state index contributed by atoms with van der Waals surface area (Å²) in [5.74, 6) is -2.29. The third kappa shape index (κ3) is 6.32. The number of methoxy groups -OCH3 is 1. The molecule has 0 aliphatic carbocycles. The molecule has 2 fully saturated rings. The van der Waals surface area contributed by atoms with Crippen LogP contribution in [0.15, 0.2) is 64.2 Å². The van der Waals surface area contributed by atoms with Crippen LogP contribution >= 0.6 is 22.9 Å². The first kappa shape index (κ1) is 31.6. The number of carbonyl (C=O) groups excluding carboxylic acids is 2. The van der Waals surface area contributed by atoms with Crippen LogP contribution in [-0.2, 0) is 20.7 Å². The number of ether oxygens (including phenoxy) is 1. The van der Waals surface area contributed by atoms with Crippen LogP contribution in [0.3, 0.4) is 0 Å². The topological polar surface area (TPSA) is 128 Å². The minimum atomic E-state index is -0.972. The predicted octanol–water partition coefficient (Wildman–Crippen LogP) is 4.24. The summed E-state index contributed by atoms with van der Waals surface area (Å²) in [5, 5.41) is 14.7. The number of hydrogen-bond acceptors (Lipinski definition) is 9. The second kappa shape index (κ2) is 13.1. The number of hydrogen-bond donors (Lipinski definition) is 2.